The third kappa shape index (κ3) is 5.26. The van der Waals surface area contributed by atoms with Crippen LogP contribution in [0.15, 0.2) is 6.20 Å². The monoisotopic (exact) mass is 282 g/mol. The molecule has 0 aliphatic carbocycles. The fraction of sp³-hybridized carbons (Fsp3) is 0.769. The molecule has 114 valence electrons. The fourth-order valence-electron chi connectivity index (χ4n) is 1.84. The van der Waals surface area contributed by atoms with Crippen molar-refractivity contribution in [2.24, 2.45) is 11.7 Å². The Labute approximate surface area is 120 Å². The summed E-state index contributed by atoms with van der Waals surface area (Å²) in [5.74, 6) is 0.351. The van der Waals surface area contributed by atoms with Crippen LogP contribution in [-0.2, 0) is 6.54 Å². The van der Waals surface area contributed by atoms with Gasteiger partial charge in [-0.15, -0.1) is 5.10 Å². The van der Waals surface area contributed by atoms with E-state index in [9.17, 15) is 4.79 Å². The number of hydrogen-bond donors (Lipinski definition) is 1. The van der Waals surface area contributed by atoms with Crippen molar-refractivity contribution in [3.63, 3.8) is 0 Å². The van der Waals surface area contributed by atoms with E-state index in [1.165, 1.54) is 0 Å². The molecule has 0 saturated heterocycles. The molecule has 20 heavy (non-hydrogen) atoms. The molecular weight excluding hydrogens is 256 g/mol. The van der Waals surface area contributed by atoms with E-state index in [0.717, 1.165) is 13.1 Å². The lowest BCUT2D eigenvalue weighted by Gasteiger charge is -2.25. The van der Waals surface area contributed by atoms with Gasteiger partial charge in [-0.25, -0.2) is 0 Å². The van der Waals surface area contributed by atoms with Crippen molar-refractivity contribution in [1.29, 1.82) is 0 Å². The Bertz CT molecular complexity index is 415. The summed E-state index contributed by atoms with van der Waals surface area (Å²) in [6, 6.07) is 0. The zero-order chi connectivity index (χ0) is 15.1. The third-order valence-electron chi connectivity index (χ3n) is 2.81. The van der Waals surface area contributed by atoms with Crippen molar-refractivity contribution in [3.05, 3.63) is 11.9 Å². The summed E-state index contributed by atoms with van der Waals surface area (Å²) in [7, 11) is 3.99. The second kappa shape index (κ2) is 7.96. The molecule has 0 aromatic carbocycles. The predicted molar refractivity (Wildman–Crippen MR) is 78.4 cm³/mol. The molecule has 7 nitrogen and oxygen atoms in total. The van der Waals surface area contributed by atoms with Gasteiger partial charge in [-0.2, -0.15) is 0 Å². The van der Waals surface area contributed by atoms with Crippen molar-refractivity contribution >= 4 is 5.91 Å². The van der Waals surface area contributed by atoms with Crippen LogP contribution in [-0.4, -0.2) is 71.0 Å². The van der Waals surface area contributed by atoms with Gasteiger partial charge in [0.2, 0.25) is 0 Å². The van der Waals surface area contributed by atoms with Crippen molar-refractivity contribution in [2.45, 2.75) is 20.4 Å². The van der Waals surface area contributed by atoms with E-state index in [1.807, 2.05) is 19.0 Å². The normalized spacial score (nSPS) is 11.3. The molecule has 0 bridgehead atoms. The van der Waals surface area contributed by atoms with Gasteiger partial charge < -0.3 is 15.5 Å². The van der Waals surface area contributed by atoms with Gasteiger partial charge in [0.25, 0.3) is 5.91 Å². The number of rotatable bonds is 8. The maximum atomic E-state index is 12.5. The van der Waals surface area contributed by atoms with Gasteiger partial charge >= 0.3 is 0 Å². The molecule has 0 unspecified atom stereocenters. The minimum Gasteiger partial charge on any atom is -0.336 e. The highest BCUT2D eigenvalue weighted by Crippen LogP contribution is 2.05. The Morgan fingerprint density at radius 3 is 2.65 bits per heavy atom. The molecule has 1 aromatic heterocycles. The molecule has 0 aliphatic heterocycles. The second-order valence-corrected chi connectivity index (χ2v) is 5.60. The van der Waals surface area contributed by atoms with E-state index >= 15 is 0 Å². The molecule has 0 saturated carbocycles. The van der Waals surface area contributed by atoms with Crippen molar-refractivity contribution in [2.75, 3.05) is 40.3 Å². The van der Waals surface area contributed by atoms with E-state index in [2.05, 4.69) is 29.1 Å². The van der Waals surface area contributed by atoms with Crippen molar-refractivity contribution in [1.82, 2.24) is 24.8 Å². The maximum absolute atomic E-state index is 12.5. The van der Waals surface area contributed by atoms with Gasteiger partial charge in [0.15, 0.2) is 5.69 Å². The summed E-state index contributed by atoms with van der Waals surface area (Å²) in [5, 5.41) is 7.86. The van der Waals surface area contributed by atoms with Gasteiger partial charge in [-0.3, -0.25) is 9.48 Å². The Morgan fingerprint density at radius 2 is 2.10 bits per heavy atom. The molecule has 0 atom stereocenters. The topological polar surface area (TPSA) is 80.3 Å². The first kappa shape index (κ1) is 16.6. The van der Waals surface area contributed by atoms with Crippen molar-refractivity contribution in [3.8, 4) is 0 Å². The quantitative estimate of drug-likeness (QED) is 0.720. The molecule has 0 aliphatic rings. The van der Waals surface area contributed by atoms with E-state index < -0.39 is 0 Å². The number of hydrogen-bond acceptors (Lipinski definition) is 5. The summed E-state index contributed by atoms with van der Waals surface area (Å²) < 4.78 is 1.60. The van der Waals surface area contributed by atoms with Crippen LogP contribution in [0.1, 0.15) is 24.3 Å². The molecule has 7 heteroatoms. The number of amides is 1. The maximum Gasteiger partial charge on any atom is 0.276 e. The average Bonchev–Trinajstić information content (AvgIpc) is 2.82. The minimum atomic E-state index is -0.0659. The van der Waals surface area contributed by atoms with Crippen LogP contribution in [0.4, 0.5) is 0 Å². The first-order valence-corrected chi connectivity index (χ1v) is 6.98. The van der Waals surface area contributed by atoms with E-state index in [1.54, 1.807) is 10.9 Å². The van der Waals surface area contributed by atoms with Crippen LogP contribution in [0.2, 0.25) is 0 Å². The zero-order valence-electron chi connectivity index (χ0n) is 12.9. The molecular formula is C13H26N6O. The molecule has 0 fully saturated rings. The predicted octanol–water partition coefficient (Wildman–Crippen LogP) is -0.103. The highest BCUT2D eigenvalue weighted by atomic mass is 16.2. The van der Waals surface area contributed by atoms with Crippen LogP contribution in [0, 0.1) is 5.92 Å². The van der Waals surface area contributed by atoms with E-state index in [0.29, 0.717) is 31.2 Å². The minimum absolute atomic E-state index is 0.0659. The Kier molecular flexibility index (Phi) is 6.60. The highest BCUT2D eigenvalue weighted by Gasteiger charge is 2.19. The van der Waals surface area contributed by atoms with Crippen molar-refractivity contribution < 1.29 is 4.79 Å². The first-order chi connectivity index (χ1) is 9.43. The summed E-state index contributed by atoms with van der Waals surface area (Å²) in [6.07, 6.45) is 1.66. The molecule has 1 aromatic rings. The van der Waals surface area contributed by atoms with E-state index in [4.69, 9.17) is 5.73 Å². The second-order valence-electron chi connectivity index (χ2n) is 5.60. The Hall–Kier alpha value is -1.47. The third-order valence-corrected chi connectivity index (χ3v) is 2.81. The lowest BCUT2D eigenvalue weighted by atomic mass is 10.2. The number of carbonyl (C=O) groups is 1. The summed E-state index contributed by atoms with van der Waals surface area (Å²) in [4.78, 5) is 16.4. The molecule has 0 spiro atoms. The van der Waals surface area contributed by atoms with Crippen LogP contribution < -0.4 is 5.73 Å². The first-order valence-electron chi connectivity index (χ1n) is 6.98. The number of nitrogens with zero attached hydrogens (tertiary/aromatic N) is 5. The molecule has 0 radical (unpaired) electrons. The van der Waals surface area contributed by atoms with Crippen LogP contribution in [0.3, 0.4) is 0 Å². The van der Waals surface area contributed by atoms with Crippen LogP contribution in [0.25, 0.3) is 0 Å². The zero-order valence-corrected chi connectivity index (χ0v) is 12.9. The fourth-order valence-corrected chi connectivity index (χ4v) is 1.84. The number of likely N-dealkylation sites (N-methyl/N-ethyl adjacent to an activating group) is 1. The Balaban J connectivity index is 2.74. The standard InChI is InChI=1S/C13H26N6O/c1-11(2)9-18(8-7-17(3)4)13(20)12-10-19(6-5-14)16-15-12/h10-11H,5-9,14H2,1-4H3. The van der Waals surface area contributed by atoms with E-state index in [-0.39, 0.29) is 5.91 Å². The summed E-state index contributed by atoms with van der Waals surface area (Å²) in [6.45, 7) is 7.48. The largest absolute Gasteiger partial charge is 0.336 e. The Morgan fingerprint density at radius 1 is 1.40 bits per heavy atom. The molecule has 1 rings (SSSR count). The lowest BCUT2D eigenvalue weighted by molar-refractivity contribution is 0.0718. The van der Waals surface area contributed by atoms with Gasteiger partial charge in [0.05, 0.1) is 12.7 Å². The smallest absolute Gasteiger partial charge is 0.276 e. The highest BCUT2D eigenvalue weighted by molar-refractivity contribution is 5.91. The summed E-state index contributed by atoms with van der Waals surface area (Å²) in [5.41, 5.74) is 5.85. The molecule has 1 heterocycles. The SMILES string of the molecule is CC(C)CN(CCN(C)C)C(=O)c1cn(CCN)nn1. The summed E-state index contributed by atoms with van der Waals surface area (Å²) >= 11 is 0. The molecule has 2 N–H and O–H groups in total. The average molecular weight is 282 g/mol. The number of aromatic nitrogens is 3. The number of nitrogens with two attached hydrogens (primary N) is 1. The molecule has 1 amide bonds. The number of carbonyl (C=O) groups excluding carboxylic acids is 1. The van der Waals surface area contributed by atoms with Gasteiger partial charge in [0, 0.05) is 26.2 Å². The lowest BCUT2D eigenvalue weighted by Crippen LogP contribution is -2.39. The van der Waals surface area contributed by atoms with Gasteiger partial charge in [0.1, 0.15) is 0 Å². The van der Waals surface area contributed by atoms with Gasteiger partial charge in [-0.05, 0) is 20.0 Å². The van der Waals surface area contributed by atoms with Crippen LogP contribution >= 0.6 is 0 Å². The van der Waals surface area contributed by atoms with Gasteiger partial charge in [-0.1, -0.05) is 19.1 Å². The van der Waals surface area contributed by atoms with Crippen LogP contribution in [0.5, 0.6) is 0 Å².